The molecule has 3 nitrogen and oxygen atoms in total. The van der Waals surface area contributed by atoms with Crippen molar-refractivity contribution < 1.29 is 14.3 Å². The molecule has 2 rings (SSSR count). The van der Waals surface area contributed by atoms with E-state index in [-0.39, 0.29) is 21.4 Å². The highest BCUT2D eigenvalue weighted by atomic mass is 35.5. The van der Waals surface area contributed by atoms with Gasteiger partial charge in [-0.3, -0.25) is 0 Å². The highest BCUT2D eigenvalue weighted by Crippen LogP contribution is 2.36. The van der Waals surface area contributed by atoms with Gasteiger partial charge in [-0.05, 0) is 24.3 Å². The molecule has 0 aromatic heterocycles. The maximum atomic E-state index is 12.1. The monoisotopic (exact) mass is 330 g/mol. The SMILES string of the molecule is COc1ccccc1C(=O)Oc1c(Cl)cc(Cl)cc1Cl. The lowest BCUT2D eigenvalue weighted by atomic mass is 10.2. The Bertz CT molecular complexity index is 633. The zero-order valence-electron chi connectivity index (χ0n) is 10.3. The third kappa shape index (κ3) is 3.18. The summed E-state index contributed by atoms with van der Waals surface area (Å²) in [5.74, 6) is -0.152. The van der Waals surface area contributed by atoms with Crippen LogP contribution in [-0.2, 0) is 0 Å². The van der Waals surface area contributed by atoms with Crippen molar-refractivity contribution in [3.8, 4) is 11.5 Å². The number of esters is 1. The maximum Gasteiger partial charge on any atom is 0.347 e. The number of carbonyl (C=O) groups is 1. The third-order valence-corrected chi connectivity index (χ3v) is 3.26. The molecule has 0 amide bonds. The summed E-state index contributed by atoms with van der Waals surface area (Å²) < 4.78 is 10.3. The van der Waals surface area contributed by atoms with Crippen molar-refractivity contribution in [2.45, 2.75) is 0 Å². The van der Waals surface area contributed by atoms with E-state index in [1.165, 1.54) is 19.2 Å². The van der Waals surface area contributed by atoms with Crippen molar-refractivity contribution in [1.29, 1.82) is 0 Å². The number of methoxy groups -OCH3 is 1. The van der Waals surface area contributed by atoms with E-state index >= 15 is 0 Å². The van der Waals surface area contributed by atoms with E-state index in [1.807, 2.05) is 0 Å². The molecule has 0 atom stereocenters. The largest absolute Gasteiger partial charge is 0.496 e. The van der Waals surface area contributed by atoms with Crippen LogP contribution in [0.5, 0.6) is 11.5 Å². The van der Waals surface area contributed by atoms with Gasteiger partial charge >= 0.3 is 5.97 Å². The molecule has 0 heterocycles. The first-order valence-corrected chi connectivity index (χ1v) is 6.66. The molecule has 2 aromatic rings. The van der Waals surface area contributed by atoms with E-state index < -0.39 is 5.97 Å². The maximum absolute atomic E-state index is 12.1. The summed E-state index contributed by atoms with van der Waals surface area (Å²) in [6.07, 6.45) is 0. The molecular formula is C14H9Cl3O3. The van der Waals surface area contributed by atoms with Gasteiger partial charge in [0, 0.05) is 5.02 Å². The zero-order chi connectivity index (χ0) is 14.7. The summed E-state index contributed by atoms with van der Waals surface area (Å²) in [5, 5.41) is 0.675. The van der Waals surface area contributed by atoms with Crippen LogP contribution in [0.2, 0.25) is 15.1 Å². The van der Waals surface area contributed by atoms with Crippen molar-refractivity contribution in [3.63, 3.8) is 0 Å². The van der Waals surface area contributed by atoms with Crippen LogP contribution in [0.15, 0.2) is 36.4 Å². The third-order valence-electron chi connectivity index (χ3n) is 2.48. The van der Waals surface area contributed by atoms with Crippen molar-refractivity contribution in [1.82, 2.24) is 0 Å². The minimum Gasteiger partial charge on any atom is -0.496 e. The van der Waals surface area contributed by atoms with Crippen molar-refractivity contribution >= 4 is 40.8 Å². The van der Waals surface area contributed by atoms with Gasteiger partial charge in [-0.2, -0.15) is 0 Å². The Balaban J connectivity index is 2.33. The Labute approximate surface area is 131 Å². The lowest BCUT2D eigenvalue weighted by Gasteiger charge is -2.10. The Kier molecular flexibility index (Phi) is 4.76. The van der Waals surface area contributed by atoms with Gasteiger partial charge in [-0.25, -0.2) is 4.79 Å². The molecule has 0 spiro atoms. The number of para-hydroxylation sites is 1. The molecule has 20 heavy (non-hydrogen) atoms. The van der Waals surface area contributed by atoms with Crippen LogP contribution in [-0.4, -0.2) is 13.1 Å². The van der Waals surface area contributed by atoms with E-state index in [4.69, 9.17) is 44.3 Å². The zero-order valence-corrected chi connectivity index (χ0v) is 12.6. The average Bonchev–Trinajstić information content (AvgIpc) is 2.42. The second-order valence-corrected chi connectivity index (χ2v) is 5.04. The molecule has 0 N–H and O–H groups in total. The Morgan fingerprint density at radius 2 is 1.65 bits per heavy atom. The fourth-order valence-corrected chi connectivity index (χ4v) is 2.48. The predicted octanol–water partition coefficient (Wildman–Crippen LogP) is 4.87. The minimum atomic E-state index is -0.617. The summed E-state index contributed by atoms with van der Waals surface area (Å²) in [6.45, 7) is 0. The highest BCUT2D eigenvalue weighted by Gasteiger charge is 2.18. The smallest absolute Gasteiger partial charge is 0.347 e. The lowest BCUT2D eigenvalue weighted by Crippen LogP contribution is -2.10. The van der Waals surface area contributed by atoms with Crippen LogP contribution >= 0.6 is 34.8 Å². The number of ether oxygens (including phenoxy) is 2. The van der Waals surface area contributed by atoms with E-state index in [2.05, 4.69) is 0 Å². The summed E-state index contributed by atoms with van der Waals surface area (Å²) in [4.78, 5) is 12.1. The number of benzene rings is 2. The summed E-state index contributed by atoms with van der Waals surface area (Å²) >= 11 is 17.7. The van der Waals surface area contributed by atoms with Crippen LogP contribution in [0.3, 0.4) is 0 Å². The van der Waals surface area contributed by atoms with Crippen molar-refractivity contribution in [3.05, 3.63) is 57.0 Å². The van der Waals surface area contributed by atoms with Crippen molar-refractivity contribution in [2.75, 3.05) is 7.11 Å². The average molecular weight is 332 g/mol. The predicted molar refractivity (Wildman–Crippen MR) is 79.4 cm³/mol. The van der Waals surface area contributed by atoms with Crippen LogP contribution in [0.1, 0.15) is 10.4 Å². The summed E-state index contributed by atoms with van der Waals surface area (Å²) in [5.41, 5.74) is 0.275. The van der Waals surface area contributed by atoms with Gasteiger partial charge in [-0.1, -0.05) is 46.9 Å². The number of carbonyl (C=O) groups excluding carboxylic acids is 1. The quantitative estimate of drug-likeness (QED) is 0.594. The van der Waals surface area contributed by atoms with Gasteiger partial charge in [0.1, 0.15) is 11.3 Å². The molecule has 6 heteroatoms. The lowest BCUT2D eigenvalue weighted by molar-refractivity contribution is 0.0731. The van der Waals surface area contributed by atoms with Gasteiger partial charge in [0.2, 0.25) is 0 Å². The second-order valence-electron chi connectivity index (χ2n) is 3.79. The Hall–Kier alpha value is -1.42. The van der Waals surface area contributed by atoms with Gasteiger partial charge in [0.25, 0.3) is 0 Å². The number of hydrogen-bond acceptors (Lipinski definition) is 3. The number of rotatable bonds is 3. The van der Waals surface area contributed by atoms with E-state index in [0.717, 1.165) is 0 Å². The second kappa shape index (κ2) is 6.35. The van der Waals surface area contributed by atoms with Crippen LogP contribution in [0, 0.1) is 0 Å². The fourth-order valence-electron chi connectivity index (χ4n) is 1.59. The molecule has 0 radical (unpaired) electrons. The van der Waals surface area contributed by atoms with Crippen LogP contribution in [0.25, 0.3) is 0 Å². The van der Waals surface area contributed by atoms with E-state index in [1.54, 1.807) is 24.3 Å². The fraction of sp³-hybridized carbons (Fsp3) is 0.0714. The van der Waals surface area contributed by atoms with Crippen molar-refractivity contribution in [2.24, 2.45) is 0 Å². The van der Waals surface area contributed by atoms with Gasteiger partial charge < -0.3 is 9.47 Å². The topological polar surface area (TPSA) is 35.5 Å². The number of hydrogen-bond donors (Lipinski definition) is 0. The molecule has 0 aliphatic rings. The van der Waals surface area contributed by atoms with Gasteiger partial charge in [-0.15, -0.1) is 0 Å². The Morgan fingerprint density at radius 1 is 1.05 bits per heavy atom. The van der Waals surface area contributed by atoms with Gasteiger partial charge in [0.15, 0.2) is 5.75 Å². The Morgan fingerprint density at radius 3 is 2.25 bits per heavy atom. The molecule has 0 saturated carbocycles. The highest BCUT2D eigenvalue weighted by molar-refractivity contribution is 6.40. The first-order chi connectivity index (χ1) is 9.52. The van der Waals surface area contributed by atoms with E-state index in [0.29, 0.717) is 10.8 Å². The molecule has 0 aliphatic heterocycles. The molecule has 104 valence electrons. The van der Waals surface area contributed by atoms with Crippen LogP contribution < -0.4 is 9.47 Å². The molecule has 0 bridgehead atoms. The molecule has 0 unspecified atom stereocenters. The first kappa shape index (κ1) is 15.0. The standard InChI is InChI=1S/C14H9Cl3O3/c1-19-12-5-3-2-4-9(12)14(18)20-13-10(16)6-8(15)7-11(13)17/h2-7H,1H3. The summed E-state index contributed by atoms with van der Waals surface area (Å²) in [6, 6.07) is 9.57. The summed E-state index contributed by atoms with van der Waals surface area (Å²) in [7, 11) is 1.47. The van der Waals surface area contributed by atoms with E-state index in [9.17, 15) is 4.79 Å². The number of halogens is 3. The van der Waals surface area contributed by atoms with Crippen LogP contribution in [0.4, 0.5) is 0 Å². The molecule has 2 aromatic carbocycles. The first-order valence-electron chi connectivity index (χ1n) is 5.52. The molecule has 0 saturated heterocycles. The minimum absolute atomic E-state index is 0.0636. The normalized spacial score (nSPS) is 10.2. The molecule has 0 fully saturated rings. The molecule has 0 aliphatic carbocycles. The molecular weight excluding hydrogens is 323 g/mol. The van der Waals surface area contributed by atoms with Gasteiger partial charge in [0.05, 0.1) is 17.2 Å².